The highest BCUT2D eigenvalue weighted by atomic mass is 16.4. The molecule has 0 aromatic rings. The highest BCUT2D eigenvalue weighted by Crippen LogP contribution is 2.25. The van der Waals surface area contributed by atoms with E-state index in [1.807, 2.05) is 0 Å². The van der Waals surface area contributed by atoms with Gasteiger partial charge in [-0.05, 0) is 19.8 Å². The van der Waals surface area contributed by atoms with E-state index >= 15 is 0 Å². The average molecular weight is 260 g/mol. The second-order valence-electron chi connectivity index (χ2n) is 4.59. The molecule has 0 aliphatic carbocycles. The third kappa shape index (κ3) is 3.87. The number of likely N-dealkylation sites (N-methyl/N-ethyl adjacent to an activating group) is 1. The normalized spacial score (nSPS) is 12.9. The van der Waals surface area contributed by atoms with Crippen molar-refractivity contribution >= 4 is 12.0 Å². The monoisotopic (exact) mass is 260 g/mol. The molecular weight excluding hydrogens is 236 g/mol. The Hall–Kier alpha value is -1.30. The van der Waals surface area contributed by atoms with Gasteiger partial charge < -0.3 is 20.4 Å². The third-order valence-electron chi connectivity index (χ3n) is 3.63. The Labute approximate surface area is 108 Å². The Morgan fingerprint density at radius 3 is 2.17 bits per heavy atom. The van der Waals surface area contributed by atoms with Gasteiger partial charge in [0.25, 0.3) is 0 Å². The molecule has 3 N–H and O–H groups in total. The number of amides is 2. The maximum atomic E-state index is 11.8. The molecule has 0 aliphatic rings. The Morgan fingerprint density at radius 1 is 1.33 bits per heavy atom. The predicted molar refractivity (Wildman–Crippen MR) is 68.4 cm³/mol. The highest BCUT2D eigenvalue weighted by molar-refractivity contribution is 5.78. The molecule has 1 unspecified atom stereocenters. The van der Waals surface area contributed by atoms with Gasteiger partial charge in [-0.15, -0.1) is 0 Å². The van der Waals surface area contributed by atoms with Crippen molar-refractivity contribution in [2.75, 3.05) is 20.2 Å². The van der Waals surface area contributed by atoms with Crippen LogP contribution in [0, 0.1) is 5.41 Å². The van der Waals surface area contributed by atoms with E-state index in [0.29, 0.717) is 12.8 Å². The summed E-state index contributed by atoms with van der Waals surface area (Å²) >= 11 is 0. The molecule has 0 saturated heterocycles. The zero-order valence-corrected chi connectivity index (χ0v) is 11.6. The van der Waals surface area contributed by atoms with E-state index in [-0.39, 0.29) is 25.2 Å². The summed E-state index contributed by atoms with van der Waals surface area (Å²) in [4.78, 5) is 24.4. The molecule has 6 heteroatoms. The van der Waals surface area contributed by atoms with Crippen LogP contribution < -0.4 is 5.32 Å². The van der Waals surface area contributed by atoms with Crippen LogP contribution in [0.25, 0.3) is 0 Å². The first-order valence-corrected chi connectivity index (χ1v) is 6.19. The molecule has 6 nitrogen and oxygen atoms in total. The fraction of sp³-hybridized carbons (Fsp3) is 0.833. The van der Waals surface area contributed by atoms with Gasteiger partial charge in [-0.25, -0.2) is 4.79 Å². The zero-order valence-electron chi connectivity index (χ0n) is 11.6. The lowest BCUT2D eigenvalue weighted by molar-refractivity contribution is -0.149. The van der Waals surface area contributed by atoms with Crippen molar-refractivity contribution in [2.24, 2.45) is 5.41 Å². The van der Waals surface area contributed by atoms with Crippen LogP contribution in [0.15, 0.2) is 0 Å². The molecular formula is C12H24N2O4. The van der Waals surface area contributed by atoms with Gasteiger partial charge >= 0.3 is 12.0 Å². The van der Waals surface area contributed by atoms with Crippen molar-refractivity contribution in [1.29, 1.82) is 0 Å². The number of rotatable bonds is 7. The van der Waals surface area contributed by atoms with E-state index in [1.165, 1.54) is 4.90 Å². The molecule has 0 radical (unpaired) electrons. The van der Waals surface area contributed by atoms with E-state index in [0.717, 1.165) is 0 Å². The molecule has 0 heterocycles. The first-order valence-electron chi connectivity index (χ1n) is 6.19. The van der Waals surface area contributed by atoms with E-state index in [9.17, 15) is 14.7 Å². The fourth-order valence-electron chi connectivity index (χ4n) is 1.57. The number of aliphatic hydroxyl groups is 1. The molecule has 0 aliphatic heterocycles. The molecule has 106 valence electrons. The average Bonchev–Trinajstić information content (AvgIpc) is 2.37. The first-order chi connectivity index (χ1) is 8.34. The minimum Gasteiger partial charge on any atom is -0.481 e. The summed E-state index contributed by atoms with van der Waals surface area (Å²) < 4.78 is 0. The van der Waals surface area contributed by atoms with Crippen LogP contribution in [0.1, 0.15) is 33.6 Å². The molecule has 0 aromatic carbocycles. The molecule has 0 saturated carbocycles. The van der Waals surface area contributed by atoms with Gasteiger partial charge in [0.05, 0.1) is 18.1 Å². The first kappa shape index (κ1) is 16.7. The highest BCUT2D eigenvalue weighted by Gasteiger charge is 2.35. The molecule has 18 heavy (non-hydrogen) atoms. The number of nitrogens with one attached hydrogen (secondary N) is 1. The number of carboxylic acids is 1. The quantitative estimate of drug-likeness (QED) is 0.634. The summed E-state index contributed by atoms with van der Waals surface area (Å²) in [7, 11) is 1.57. The maximum absolute atomic E-state index is 11.8. The number of nitrogens with zero attached hydrogens (tertiary/aromatic N) is 1. The molecule has 2 amide bonds. The van der Waals surface area contributed by atoms with Crippen molar-refractivity contribution in [1.82, 2.24) is 10.2 Å². The Bertz CT molecular complexity index is 290. The minimum absolute atomic E-state index is 0.0939. The molecule has 0 bridgehead atoms. The molecule has 0 fully saturated rings. The van der Waals surface area contributed by atoms with Gasteiger partial charge in [-0.1, -0.05) is 13.8 Å². The SMILES string of the molecule is CCC(CC)(CNC(=O)N(C)C(C)CO)C(=O)O. The largest absolute Gasteiger partial charge is 0.481 e. The number of carboxylic acid groups (broad SMARTS) is 1. The summed E-state index contributed by atoms with van der Waals surface area (Å²) in [5.41, 5.74) is -0.918. The van der Waals surface area contributed by atoms with Crippen molar-refractivity contribution in [2.45, 2.75) is 39.7 Å². The number of hydrogen-bond donors (Lipinski definition) is 3. The van der Waals surface area contributed by atoms with Gasteiger partial charge in [-0.3, -0.25) is 4.79 Å². The van der Waals surface area contributed by atoms with Crippen LogP contribution in [-0.4, -0.2) is 53.4 Å². The van der Waals surface area contributed by atoms with Gasteiger partial charge in [0.2, 0.25) is 0 Å². The molecule has 0 spiro atoms. The van der Waals surface area contributed by atoms with Crippen molar-refractivity contribution < 1.29 is 19.8 Å². The van der Waals surface area contributed by atoms with Crippen LogP contribution in [0.4, 0.5) is 4.79 Å². The second-order valence-corrected chi connectivity index (χ2v) is 4.59. The number of carbonyl (C=O) groups is 2. The summed E-state index contributed by atoms with van der Waals surface area (Å²) in [5, 5.41) is 20.8. The lowest BCUT2D eigenvalue weighted by Gasteiger charge is -2.29. The smallest absolute Gasteiger partial charge is 0.317 e. The van der Waals surface area contributed by atoms with Crippen molar-refractivity contribution in [3.63, 3.8) is 0 Å². The summed E-state index contributed by atoms with van der Waals surface area (Å²) in [6, 6.07) is -0.670. The van der Waals surface area contributed by atoms with Gasteiger partial charge in [0.15, 0.2) is 0 Å². The van der Waals surface area contributed by atoms with Gasteiger partial charge in [0, 0.05) is 13.6 Å². The number of carbonyl (C=O) groups excluding carboxylic acids is 1. The van der Waals surface area contributed by atoms with Gasteiger partial charge in [-0.2, -0.15) is 0 Å². The second kappa shape index (κ2) is 7.20. The van der Waals surface area contributed by atoms with E-state index < -0.39 is 11.4 Å². The standard InChI is InChI=1S/C12H24N2O4/c1-5-12(6-2,10(16)17)8-13-11(18)14(4)9(3)7-15/h9,15H,5-8H2,1-4H3,(H,13,18)(H,16,17). The predicted octanol–water partition coefficient (Wildman–Crippen LogP) is 0.900. The van der Waals surface area contributed by atoms with Crippen LogP contribution in [0.2, 0.25) is 0 Å². The Balaban J connectivity index is 4.54. The molecule has 0 rings (SSSR count). The number of aliphatic hydroxyl groups excluding tert-OH is 1. The molecule has 0 aromatic heterocycles. The number of urea groups is 1. The number of hydrogen-bond acceptors (Lipinski definition) is 3. The summed E-state index contributed by atoms with van der Waals surface area (Å²) in [6.45, 7) is 5.27. The van der Waals surface area contributed by atoms with Crippen LogP contribution in [0.5, 0.6) is 0 Å². The molecule has 1 atom stereocenters. The Kier molecular flexibility index (Phi) is 6.68. The lowest BCUT2D eigenvalue weighted by atomic mass is 9.82. The zero-order chi connectivity index (χ0) is 14.3. The topological polar surface area (TPSA) is 89.9 Å². The van der Waals surface area contributed by atoms with Crippen LogP contribution in [0.3, 0.4) is 0 Å². The van der Waals surface area contributed by atoms with Crippen molar-refractivity contribution in [3.8, 4) is 0 Å². The van der Waals surface area contributed by atoms with Gasteiger partial charge in [0.1, 0.15) is 0 Å². The third-order valence-corrected chi connectivity index (χ3v) is 3.63. The fourth-order valence-corrected chi connectivity index (χ4v) is 1.57. The van der Waals surface area contributed by atoms with E-state index in [1.54, 1.807) is 27.8 Å². The lowest BCUT2D eigenvalue weighted by Crippen LogP contribution is -2.49. The minimum atomic E-state index is -0.918. The maximum Gasteiger partial charge on any atom is 0.317 e. The van der Waals surface area contributed by atoms with E-state index in [4.69, 9.17) is 5.11 Å². The summed E-state index contributed by atoms with van der Waals surface area (Å²) in [5.74, 6) is -0.898. The Morgan fingerprint density at radius 2 is 1.83 bits per heavy atom. The van der Waals surface area contributed by atoms with Crippen LogP contribution >= 0.6 is 0 Å². The van der Waals surface area contributed by atoms with Crippen LogP contribution in [-0.2, 0) is 4.79 Å². The number of aliphatic carboxylic acids is 1. The summed E-state index contributed by atoms with van der Waals surface area (Å²) in [6.07, 6.45) is 0.913. The van der Waals surface area contributed by atoms with E-state index in [2.05, 4.69) is 5.32 Å². The van der Waals surface area contributed by atoms with Crippen molar-refractivity contribution in [3.05, 3.63) is 0 Å².